The van der Waals surface area contributed by atoms with Gasteiger partial charge in [-0.05, 0) is 49.8 Å². The fourth-order valence-electron chi connectivity index (χ4n) is 3.35. The van der Waals surface area contributed by atoms with Gasteiger partial charge in [-0.25, -0.2) is 8.42 Å². The second-order valence-electron chi connectivity index (χ2n) is 7.32. The molecule has 132 valence electrons. The predicted octanol–water partition coefficient (Wildman–Crippen LogP) is 3.81. The van der Waals surface area contributed by atoms with Gasteiger partial charge in [0.25, 0.3) is 0 Å². The fraction of sp³-hybridized carbons (Fsp3) is 0.600. The maximum absolute atomic E-state index is 13.2. The van der Waals surface area contributed by atoms with E-state index >= 15 is 0 Å². The highest BCUT2D eigenvalue weighted by Gasteiger charge is 2.36. The zero-order valence-electron chi connectivity index (χ0n) is 15.0. The van der Waals surface area contributed by atoms with E-state index in [1.807, 2.05) is 6.07 Å². The predicted molar refractivity (Wildman–Crippen MR) is 99.2 cm³/mol. The van der Waals surface area contributed by atoms with E-state index < -0.39 is 15.2 Å². The molecule has 0 N–H and O–H groups in total. The molecule has 0 saturated carbocycles. The molecule has 4 heteroatoms. The smallest absolute Gasteiger partial charge is 0.194 e. The number of rotatable bonds is 6. The van der Waals surface area contributed by atoms with Crippen LogP contribution in [-0.4, -0.2) is 31.8 Å². The molecule has 1 aliphatic rings. The summed E-state index contributed by atoms with van der Waals surface area (Å²) in [6.07, 6.45) is 8.17. The van der Waals surface area contributed by atoms with E-state index in [4.69, 9.17) is 6.42 Å². The van der Waals surface area contributed by atoms with E-state index in [0.29, 0.717) is 29.7 Å². The molecule has 1 aromatic carbocycles. The molecule has 1 aliphatic heterocycles. The molecule has 0 bridgehead atoms. The lowest BCUT2D eigenvalue weighted by Gasteiger charge is -2.39. The second kappa shape index (κ2) is 8.18. The van der Waals surface area contributed by atoms with E-state index in [1.165, 1.54) is 0 Å². The Morgan fingerprint density at radius 1 is 1.25 bits per heavy atom. The molecule has 0 aliphatic carbocycles. The van der Waals surface area contributed by atoms with E-state index in [-0.39, 0.29) is 5.92 Å². The molecule has 1 fully saturated rings. The van der Waals surface area contributed by atoms with Gasteiger partial charge in [0.15, 0.2) is 9.84 Å². The monoisotopic (exact) mass is 347 g/mol. The van der Waals surface area contributed by atoms with Crippen LogP contribution >= 0.6 is 0 Å². The summed E-state index contributed by atoms with van der Waals surface area (Å²) < 4.78 is 26.5. The SMILES string of the molecule is C#CC1CN(C(CCC(C)C)S(=O)(=O)c2ccccc2)CCC1C. The number of likely N-dealkylation sites (tertiary alicyclic amines) is 1. The Morgan fingerprint density at radius 2 is 1.92 bits per heavy atom. The third kappa shape index (κ3) is 4.40. The fourth-order valence-corrected chi connectivity index (χ4v) is 5.23. The van der Waals surface area contributed by atoms with Crippen LogP contribution in [0.5, 0.6) is 0 Å². The van der Waals surface area contributed by atoms with Gasteiger partial charge >= 0.3 is 0 Å². The van der Waals surface area contributed by atoms with Gasteiger partial charge in [0.1, 0.15) is 5.37 Å². The van der Waals surface area contributed by atoms with Crippen LogP contribution in [0, 0.1) is 30.1 Å². The number of hydrogen-bond acceptors (Lipinski definition) is 3. The Labute approximate surface area is 147 Å². The highest BCUT2D eigenvalue weighted by Crippen LogP contribution is 2.30. The average molecular weight is 348 g/mol. The first-order valence-corrected chi connectivity index (χ1v) is 10.4. The summed E-state index contributed by atoms with van der Waals surface area (Å²) in [6.45, 7) is 7.90. The maximum Gasteiger partial charge on any atom is 0.194 e. The summed E-state index contributed by atoms with van der Waals surface area (Å²) in [6, 6.07) is 8.81. The number of hydrogen-bond donors (Lipinski definition) is 0. The summed E-state index contributed by atoms with van der Waals surface area (Å²) in [5, 5.41) is -0.481. The Kier molecular flexibility index (Phi) is 6.48. The van der Waals surface area contributed by atoms with Crippen molar-refractivity contribution in [3.8, 4) is 12.3 Å². The van der Waals surface area contributed by atoms with Crippen molar-refractivity contribution in [2.75, 3.05) is 13.1 Å². The zero-order valence-corrected chi connectivity index (χ0v) is 15.8. The lowest BCUT2D eigenvalue weighted by molar-refractivity contribution is 0.136. The number of nitrogens with zero attached hydrogens (tertiary/aromatic N) is 1. The van der Waals surface area contributed by atoms with Crippen molar-refractivity contribution in [1.29, 1.82) is 0 Å². The van der Waals surface area contributed by atoms with Crippen molar-refractivity contribution in [3.63, 3.8) is 0 Å². The second-order valence-corrected chi connectivity index (χ2v) is 9.42. The Morgan fingerprint density at radius 3 is 2.50 bits per heavy atom. The van der Waals surface area contributed by atoms with Gasteiger partial charge in [-0.1, -0.05) is 39.0 Å². The highest BCUT2D eigenvalue weighted by atomic mass is 32.2. The first-order valence-electron chi connectivity index (χ1n) is 8.85. The minimum absolute atomic E-state index is 0.131. The van der Waals surface area contributed by atoms with Crippen molar-refractivity contribution in [1.82, 2.24) is 4.90 Å². The number of sulfone groups is 1. The largest absolute Gasteiger partial charge is 0.286 e. The van der Waals surface area contributed by atoms with E-state index in [9.17, 15) is 8.42 Å². The van der Waals surface area contributed by atoms with Crippen molar-refractivity contribution >= 4 is 9.84 Å². The first kappa shape index (κ1) is 19.0. The van der Waals surface area contributed by atoms with Crippen LogP contribution in [0.2, 0.25) is 0 Å². The molecule has 24 heavy (non-hydrogen) atoms. The lowest BCUT2D eigenvalue weighted by Crippen LogP contribution is -2.48. The van der Waals surface area contributed by atoms with Crippen LogP contribution in [0.25, 0.3) is 0 Å². The quantitative estimate of drug-likeness (QED) is 0.734. The maximum atomic E-state index is 13.2. The molecule has 3 unspecified atom stereocenters. The molecule has 2 rings (SSSR count). The molecule has 1 aromatic rings. The summed E-state index contributed by atoms with van der Waals surface area (Å²) in [7, 11) is -3.39. The van der Waals surface area contributed by atoms with Crippen LogP contribution in [-0.2, 0) is 9.84 Å². The van der Waals surface area contributed by atoms with Crippen molar-refractivity contribution in [2.24, 2.45) is 17.8 Å². The molecule has 3 nitrogen and oxygen atoms in total. The minimum Gasteiger partial charge on any atom is -0.286 e. The van der Waals surface area contributed by atoms with Crippen LogP contribution < -0.4 is 0 Å². The van der Waals surface area contributed by atoms with Gasteiger partial charge in [-0.3, -0.25) is 4.90 Å². The Bertz CT molecular complexity index is 661. The van der Waals surface area contributed by atoms with Crippen LogP contribution in [0.3, 0.4) is 0 Å². The molecule has 1 saturated heterocycles. The minimum atomic E-state index is -3.39. The highest BCUT2D eigenvalue weighted by molar-refractivity contribution is 7.92. The van der Waals surface area contributed by atoms with Gasteiger partial charge in [0.2, 0.25) is 0 Å². The van der Waals surface area contributed by atoms with Crippen LogP contribution in [0.15, 0.2) is 35.2 Å². The molecule has 0 amide bonds. The van der Waals surface area contributed by atoms with Gasteiger partial charge in [0, 0.05) is 12.5 Å². The van der Waals surface area contributed by atoms with Gasteiger partial charge in [0.05, 0.1) is 4.90 Å². The van der Waals surface area contributed by atoms with Crippen molar-refractivity contribution < 1.29 is 8.42 Å². The summed E-state index contributed by atoms with van der Waals surface area (Å²) in [5.41, 5.74) is 0. The van der Waals surface area contributed by atoms with Crippen molar-refractivity contribution in [3.05, 3.63) is 30.3 Å². The Balaban J connectivity index is 2.30. The van der Waals surface area contributed by atoms with E-state index in [2.05, 4.69) is 31.6 Å². The topological polar surface area (TPSA) is 37.4 Å². The zero-order chi connectivity index (χ0) is 17.7. The molecule has 0 aromatic heterocycles. The summed E-state index contributed by atoms with van der Waals surface area (Å²) in [4.78, 5) is 2.52. The summed E-state index contributed by atoms with van der Waals surface area (Å²) >= 11 is 0. The normalized spacial score (nSPS) is 23.8. The molecule has 0 radical (unpaired) electrons. The van der Waals surface area contributed by atoms with Crippen molar-refractivity contribution in [2.45, 2.75) is 50.3 Å². The number of terminal acetylenes is 1. The van der Waals surface area contributed by atoms with Gasteiger partial charge < -0.3 is 0 Å². The van der Waals surface area contributed by atoms with Crippen LogP contribution in [0.1, 0.15) is 40.0 Å². The number of benzene rings is 1. The molecule has 1 heterocycles. The molecule has 0 spiro atoms. The standard InChI is InChI=1S/C20H29NO2S/c1-5-18-15-21(14-13-17(18)4)20(12-11-16(2)3)24(22,23)19-9-7-6-8-10-19/h1,6-10,16-18,20H,11-15H2,2-4H3. The van der Waals surface area contributed by atoms with Crippen LogP contribution in [0.4, 0.5) is 0 Å². The third-order valence-corrected chi connectivity index (χ3v) is 7.21. The van der Waals surface area contributed by atoms with Gasteiger partial charge in [-0.15, -0.1) is 12.3 Å². The number of piperidine rings is 1. The lowest BCUT2D eigenvalue weighted by atomic mass is 9.87. The molecular formula is C20H29NO2S. The van der Waals surface area contributed by atoms with E-state index in [0.717, 1.165) is 19.4 Å². The summed E-state index contributed by atoms with van der Waals surface area (Å²) in [5.74, 6) is 3.92. The molecular weight excluding hydrogens is 318 g/mol. The van der Waals surface area contributed by atoms with E-state index in [1.54, 1.807) is 24.3 Å². The average Bonchev–Trinajstić information content (AvgIpc) is 2.56. The first-order chi connectivity index (χ1) is 11.4. The third-order valence-electron chi connectivity index (χ3n) is 5.03. The molecule has 3 atom stereocenters. The Hall–Kier alpha value is -1.31. The van der Waals surface area contributed by atoms with Gasteiger partial charge in [-0.2, -0.15) is 0 Å².